The average molecular weight is 334 g/mol. The first-order valence-corrected chi connectivity index (χ1v) is 10.2. The quantitative estimate of drug-likeness (QED) is 0.775. The number of nitrogens with zero attached hydrogens (tertiary/aromatic N) is 4. The van der Waals surface area contributed by atoms with Gasteiger partial charge in [-0.25, -0.2) is 0 Å². The van der Waals surface area contributed by atoms with Crippen molar-refractivity contribution >= 4 is 17.7 Å². The van der Waals surface area contributed by atoms with Crippen molar-refractivity contribution in [1.29, 1.82) is 0 Å². The summed E-state index contributed by atoms with van der Waals surface area (Å²) < 4.78 is 2.34. The van der Waals surface area contributed by atoms with E-state index in [0.717, 1.165) is 31.1 Å². The topological polar surface area (TPSA) is 51.0 Å². The largest absolute Gasteiger partial charge is 0.342 e. The summed E-state index contributed by atoms with van der Waals surface area (Å²) in [4.78, 5) is 14.6. The van der Waals surface area contributed by atoms with Gasteiger partial charge in [0.15, 0.2) is 5.16 Å². The Morgan fingerprint density at radius 2 is 1.70 bits per heavy atom. The molecule has 0 unspecified atom stereocenters. The molecule has 1 aromatic rings. The number of likely N-dealkylation sites (tertiary alicyclic amines) is 1. The fraction of sp³-hybridized carbons (Fsp3) is 0.824. The third-order valence-electron chi connectivity index (χ3n) is 5.08. The lowest BCUT2D eigenvalue weighted by atomic mass is 10.1. The second kappa shape index (κ2) is 6.83. The van der Waals surface area contributed by atoms with Crippen LogP contribution in [-0.2, 0) is 4.79 Å². The number of hydrogen-bond donors (Lipinski definition) is 0. The van der Waals surface area contributed by atoms with Crippen LogP contribution in [0.2, 0.25) is 0 Å². The molecule has 2 aliphatic carbocycles. The van der Waals surface area contributed by atoms with Crippen molar-refractivity contribution in [1.82, 2.24) is 19.7 Å². The van der Waals surface area contributed by atoms with Crippen LogP contribution in [0, 0.1) is 0 Å². The molecule has 1 aliphatic heterocycles. The van der Waals surface area contributed by atoms with Crippen LogP contribution >= 0.6 is 11.8 Å². The van der Waals surface area contributed by atoms with Gasteiger partial charge in [-0.3, -0.25) is 4.79 Å². The smallest absolute Gasteiger partial charge is 0.233 e. The highest BCUT2D eigenvalue weighted by Gasteiger charge is 2.36. The van der Waals surface area contributed by atoms with Gasteiger partial charge in [-0.1, -0.05) is 31.0 Å². The molecule has 1 saturated heterocycles. The van der Waals surface area contributed by atoms with E-state index in [1.54, 1.807) is 11.8 Å². The highest BCUT2D eigenvalue weighted by Crippen LogP contribution is 2.45. The molecule has 6 heteroatoms. The summed E-state index contributed by atoms with van der Waals surface area (Å²) in [6, 6.07) is 0.597. The summed E-state index contributed by atoms with van der Waals surface area (Å²) in [5, 5.41) is 9.79. The molecule has 0 aromatic carbocycles. The Kier molecular flexibility index (Phi) is 4.60. The maximum absolute atomic E-state index is 12.5. The van der Waals surface area contributed by atoms with Crippen molar-refractivity contribution in [2.75, 3.05) is 18.8 Å². The van der Waals surface area contributed by atoms with Crippen LogP contribution < -0.4 is 0 Å². The lowest BCUT2D eigenvalue weighted by molar-refractivity contribution is -0.128. The summed E-state index contributed by atoms with van der Waals surface area (Å²) in [7, 11) is 0. The van der Waals surface area contributed by atoms with Gasteiger partial charge >= 0.3 is 0 Å². The Morgan fingerprint density at radius 3 is 2.35 bits per heavy atom. The van der Waals surface area contributed by atoms with E-state index >= 15 is 0 Å². The Balaban J connectivity index is 1.37. The van der Waals surface area contributed by atoms with Gasteiger partial charge in [-0.2, -0.15) is 0 Å². The van der Waals surface area contributed by atoms with E-state index in [1.165, 1.54) is 50.8 Å². The van der Waals surface area contributed by atoms with Gasteiger partial charge in [0.05, 0.1) is 5.75 Å². The zero-order valence-electron chi connectivity index (χ0n) is 13.7. The number of carbonyl (C=O) groups is 1. The minimum atomic E-state index is 0.273. The second-order valence-electron chi connectivity index (χ2n) is 7.15. The monoisotopic (exact) mass is 334 g/mol. The van der Waals surface area contributed by atoms with Gasteiger partial charge in [0.25, 0.3) is 0 Å². The van der Waals surface area contributed by atoms with Gasteiger partial charge in [0.2, 0.25) is 5.91 Å². The van der Waals surface area contributed by atoms with Gasteiger partial charge in [0, 0.05) is 25.0 Å². The molecule has 0 atom stereocenters. The molecule has 3 aliphatic rings. The predicted octanol–water partition coefficient (Wildman–Crippen LogP) is 3.38. The SMILES string of the molecule is O=C(CSc1nnc(C2CC2)n1C1CC1)N1CCCCCCC1. The van der Waals surface area contributed by atoms with Gasteiger partial charge in [-0.05, 0) is 38.5 Å². The highest BCUT2D eigenvalue weighted by molar-refractivity contribution is 7.99. The number of aromatic nitrogens is 3. The van der Waals surface area contributed by atoms with Crippen molar-refractivity contribution < 1.29 is 4.79 Å². The van der Waals surface area contributed by atoms with Crippen LogP contribution in [0.1, 0.15) is 75.6 Å². The number of rotatable bonds is 5. The van der Waals surface area contributed by atoms with Crippen molar-refractivity contribution in [2.45, 2.75) is 74.9 Å². The first-order valence-electron chi connectivity index (χ1n) is 9.18. The van der Waals surface area contributed by atoms with E-state index in [-0.39, 0.29) is 5.91 Å². The fourth-order valence-electron chi connectivity index (χ4n) is 3.40. The first kappa shape index (κ1) is 15.5. The van der Waals surface area contributed by atoms with Crippen LogP contribution in [0.25, 0.3) is 0 Å². The van der Waals surface area contributed by atoms with Crippen LogP contribution in [-0.4, -0.2) is 44.4 Å². The van der Waals surface area contributed by atoms with E-state index in [4.69, 9.17) is 0 Å². The third kappa shape index (κ3) is 3.73. The summed E-state index contributed by atoms with van der Waals surface area (Å²) in [6.07, 6.45) is 11.1. The molecule has 0 N–H and O–H groups in total. The maximum Gasteiger partial charge on any atom is 0.233 e. The van der Waals surface area contributed by atoms with Gasteiger partial charge < -0.3 is 9.47 Å². The minimum Gasteiger partial charge on any atom is -0.342 e. The van der Waals surface area contributed by atoms with Crippen LogP contribution in [0.4, 0.5) is 0 Å². The molecule has 0 spiro atoms. The number of carbonyl (C=O) groups excluding carboxylic acids is 1. The van der Waals surface area contributed by atoms with Crippen LogP contribution in [0.3, 0.4) is 0 Å². The van der Waals surface area contributed by atoms with E-state index in [9.17, 15) is 4.79 Å². The summed E-state index contributed by atoms with van der Waals surface area (Å²) in [6.45, 7) is 1.87. The molecule has 2 heterocycles. The van der Waals surface area contributed by atoms with Crippen molar-refractivity contribution in [2.24, 2.45) is 0 Å². The molecule has 1 aromatic heterocycles. The van der Waals surface area contributed by atoms with Gasteiger partial charge in [0.1, 0.15) is 5.82 Å². The zero-order chi connectivity index (χ0) is 15.6. The standard InChI is InChI=1S/C17H26N4OS/c22-15(20-10-4-2-1-3-5-11-20)12-23-17-19-18-16(13-6-7-13)21(17)14-8-9-14/h13-14H,1-12H2. The fourth-order valence-corrected chi connectivity index (χ4v) is 4.31. The Hall–Kier alpha value is -1.04. The Labute approximate surface area is 142 Å². The normalized spacial score (nSPS) is 22.7. The summed E-state index contributed by atoms with van der Waals surface area (Å²) in [5.74, 6) is 2.58. The molecule has 4 rings (SSSR count). The third-order valence-corrected chi connectivity index (χ3v) is 6.01. The minimum absolute atomic E-state index is 0.273. The number of hydrogen-bond acceptors (Lipinski definition) is 4. The molecule has 1 amide bonds. The van der Waals surface area contributed by atoms with Gasteiger partial charge in [-0.15, -0.1) is 10.2 Å². The van der Waals surface area contributed by atoms with Crippen molar-refractivity contribution in [3.05, 3.63) is 5.82 Å². The zero-order valence-corrected chi connectivity index (χ0v) is 14.6. The summed E-state index contributed by atoms with van der Waals surface area (Å²) in [5.41, 5.74) is 0. The molecular formula is C17H26N4OS. The van der Waals surface area contributed by atoms with Crippen molar-refractivity contribution in [3.8, 4) is 0 Å². The maximum atomic E-state index is 12.5. The lowest BCUT2D eigenvalue weighted by Gasteiger charge is -2.24. The first-order chi connectivity index (χ1) is 11.3. The molecule has 126 valence electrons. The average Bonchev–Trinajstić information content (AvgIpc) is 3.43. The summed E-state index contributed by atoms with van der Waals surface area (Å²) >= 11 is 1.59. The van der Waals surface area contributed by atoms with E-state index in [2.05, 4.69) is 19.7 Å². The molecule has 3 fully saturated rings. The van der Waals surface area contributed by atoms with E-state index in [1.807, 2.05) is 0 Å². The lowest BCUT2D eigenvalue weighted by Crippen LogP contribution is -2.35. The second-order valence-corrected chi connectivity index (χ2v) is 8.10. The van der Waals surface area contributed by atoms with E-state index < -0.39 is 0 Å². The van der Waals surface area contributed by atoms with Crippen LogP contribution in [0.15, 0.2) is 5.16 Å². The van der Waals surface area contributed by atoms with Crippen molar-refractivity contribution in [3.63, 3.8) is 0 Å². The molecular weight excluding hydrogens is 308 g/mol. The Bertz CT molecular complexity index is 557. The molecule has 23 heavy (non-hydrogen) atoms. The number of amides is 1. The van der Waals surface area contributed by atoms with Crippen LogP contribution in [0.5, 0.6) is 0 Å². The predicted molar refractivity (Wildman–Crippen MR) is 90.7 cm³/mol. The van der Waals surface area contributed by atoms with E-state index in [0.29, 0.717) is 17.7 Å². The highest BCUT2D eigenvalue weighted by atomic mass is 32.2. The molecule has 5 nitrogen and oxygen atoms in total. The molecule has 2 saturated carbocycles. The molecule has 0 radical (unpaired) electrons. The number of thioether (sulfide) groups is 1. The Morgan fingerprint density at radius 1 is 1.00 bits per heavy atom. The molecule has 0 bridgehead atoms.